The van der Waals surface area contributed by atoms with Crippen LogP contribution >= 0.6 is 0 Å². The molecule has 0 radical (unpaired) electrons. The lowest BCUT2D eigenvalue weighted by molar-refractivity contribution is -0.137. The number of ether oxygens (including phenoxy) is 4. The van der Waals surface area contributed by atoms with Crippen molar-refractivity contribution in [3.05, 3.63) is 23.8 Å². The van der Waals surface area contributed by atoms with Gasteiger partial charge in [0.25, 0.3) is 0 Å². The molecule has 0 spiro atoms. The summed E-state index contributed by atoms with van der Waals surface area (Å²) < 4.78 is 24.5. The number of rotatable bonds is 39. The summed E-state index contributed by atoms with van der Waals surface area (Å²) >= 11 is 0. The van der Waals surface area contributed by atoms with Crippen LogP contribution in [-0.2, 0) is 9.53 Å². The van der Waals surface area contributed by atoms with Gasteiger partial charge in [-0.3, -0.25) is 0 Å². The van der Waals surface area contributed by atoms with Gasteiger partial charge in [-0.05, 0) is 50.0 Å². The van der Waals surface area contributed by atoms with E-state index < -0.39 is 0 Å². The SMILES string of the molecule is CCCCCCCCCCCCOc1cc(C=CC(=O)OCC)cc(OCCCCCCCCCCCC)c1OCCCCCCCCCCCC. The summed E-state index contributed by atoms with van der Waals surface area (Å²) in [5, 5.41) is 0. The molecule has 0 bridgehead atoms. The van der Waals surface area contributed by atoms with E-state index in [1.807, 2.05) is 19.1 Å². The van der Waals surface area contributed by atoms with Crippen LogP contribution < -0.4 is 14.2 Å². The van der Waals surface area contributed by atoms with E-state index >= 15 is 0 Å². The van der Waals surface area contributed by atoms with Crippen LogP contribution in [0.3, 0.4) is 0 Å². The van der Waals surface area contributed by atoms with Gasteiger partial charge < -0.3 is 18.9 Å². The molecule has 0 heterocycles. The second-order valence-corrected chi connectivity index (χ2v) is 15.0. The molecule has 0 atom stereocenters. The molecule has 1 aromatic rings. The Labute approximate surface area is 322 Å². The van der Waals surface area contributed by atoms with E-state index in [0.717, 1.165) is 24.8 Å². The third kappa shape index (κ3) is 28.3. The normalized spacial score (nSPS) is 11.4. The van der Waals surface area contributed by atoms with Crippen molar-refractivity contribution in [1.29, 1.82) is 0 Å². The van der Waals surface area contributed by atoms with Gasteiger partial charge in [-0.1, -0.05) is 194 Å². The van der Waals surface area contributed by atoms with Crippen molar-refractivity contribution in [3.8, 4) is 17.2 Å². The molecule has 0 aliphatic carbocycles. The molecule has 1 rings (SSSR count). The summed E-state index contributed by atoms with van der Waals surface area (Å²) in [5.74, 6) is 1.80. The van der Waals surface area contributed by atoms with Gasteiger partial charge in [-0.25, -0.2) is 4.79 Å². The zero-order valence-electron chi connectivity index (χ0n) is 34.9. The number of benzene rings is 1. The fourth-order valence-corrected chi connectivity index (χ4v) is 6.71. The number of esters is 1. The van der Waals surface area contributed by atoms with Crippen LogP contribution in [-0.4, -0.2) is 32.4 Å². The number of carbonyl (C=O) groups is 1. The van der Waals surface area contributed by atoms with Gasteiger partial charge in [0.05, 0.1) is 26.4 Å². The third-order valence-electron chi connectivity index (χ3n) is 10.00. The van der Waals surface area contributed by atoms with Gasteiger partial charge in [0.15, 0.2) is 11.5 Å². The van der Waals surface area contributed by atoms with Crippen molar-refractivity contribution < 1.29 is 23.7 Å². The van der Waals surface area contributed by atoms with Crippen LogP contribution in [0.5, 0.6) is 17.2 Å². The Morgan fingerprint density at radius 3 is 1.08 bits per heavy atom. The lowest BCUT2D eigenvalue weighted by atomic mass is 10.1. The Bertz CT molecular complexity index is 910. The van der Waals surface area contributed by atoms with Gasteiger partial charge in [-0.2, -0.15) is 0 Å². The number of hydrogen-bond acceptors (Lipinski definition) is 5. The van der Waals surface area contributed by atoms with Crippen LogP contribution in [0, 0.1) is 0 Å². The van der Waals surface area contributed by atoms with Crippen molar-refractivity contribution in [2.45, 2.75) is 220 Å². The molecule has 0 amide bonds. The highest BCUT2D eigenvalue weighted by Crippen LogP contribution is 2.40. The lowest BCUT2D eigenvalue weighted by Gasteiger charge is -2.18. The van der Waals surface area contributed by atoms with Crippen LogP contribution in [0.1, 0.15) is 226 Å². The maximum Gasteiger partial charge on any atom is 0.330 e. The fraction of sp³-hybridized carbons (Fsp3) is 0.809. The monoisotopic (exact) mass is 729 g/mol. The van der Waals surface area contributed by atoms with E-state index in [4.69, 9.17) is 18.9 Å². The number of carbonyl (C=O) groups excluding carboxylic acids is 1. The van der Waals surface area contributed by atoms with Crippen molar-refractivity contribution in [2.24, 2.45) is 0 Å². The van der Waals surface area contributed by atoms with E-state index in [1.165, 1.54) is 179 Å². The first kappa shape index (κ1) is 47.9. The standard InChI is InChI=1S/C47H84O5/c1-5-9-12-15-18-21-24-27-30-33-38-50-44-41-43(36-37-46(48)49-8-4)42-45(51-39-34-31-28-25-22-19-16-13-10-6-2)47(44)52-40-35-32-29-26-23-20-17-14-11-7-3/h36-37,41-42H,5-35,38-40H2,1-4H3. The molecular formula is C47H84O5. The Hall–Kier alpha value is -2.17. The molecule has 0 fully saturated rings. The van der Waals surface area contributed by atoms with Crippen molar-refractivity contribution in [3.63, 3.8) is 0 Å². The smallest absolute Gasteiger partial charge is 0.330 e. The molecule has 52 heavy (non-hydrogen) atoms. The largest absolute Gasteiger partial charge is 0.490 e. The van der Waals surface area contributed by atoms with Crippen LogP contribution in [0.2, 0.25) is 0 Å². The first-order valence-corrected chi connectivity index (χ1v) is 22.6. The molecule has 0 aliphatic rings. The maximum absolute atomic E-state index is 12.2. The van der Waals surface area contributed by atoms with Gasteiger partial charge in [0.2, 0.25) is 5.75 Å². The average molecular weight is 729 g/mol. The topological polar surface area (TPSA) is 54.0 Å². The predicted molar refractivity (Wildman–Crippen MR) is 224 cm³/mol. The van der Waals surface area contributed by atoms with Gasteiger partial charge in [-0.15, -0.1) is 0 Å². The summed E-state index contributed by atoms with van der Waals surface area (Å²) in [4.78, 5) is 12.2. The van der Waals surface area contributed by atoms with E-state index in [9.17, 15) is 4.79 Å². The summed E-state index contributed by atoms with van der Waals surface area (Å²) in [6, 6.07) is 3.99. The zero-order chi connectivity index (χ0) is 37.6. The van der Waals surface area contributed by atoms with E-state index in [1.54, 1.807) is 6.08 Å². The minimum absolute atomic E-state index is 0.343. The molecule has 302 valence electrons. The molecule has 1 aromatic carbocycles. The van der Waals surface area contributed by atoms with Gasteiger partial charge in [0.1, 0.15) is 0 Å². The second-order valence-electron chi connectivity index (χ2n) is 15.0. The highest BCUT2D eigenvalue weighted by Gasteiger charge is 2.16. The van der Waals surface area contributed by atoms with Crippen molar-refractivity contribution >= 4 is 12.0 Å². The minimum Gasteiger partial charge on any atom is -0.490 e. The van der Waals surface area contributed by atoms with Crippen LogP contribution in [0.15, 0.2) is 18.2 Å². The highest BCUT2D eigenvalue weighted by molar-refractivity contribution is 5.87. The predicted octanol–water partition coefficient (Wildman–Crippen LogP) is 15.2. The molecule has 0 N–H and O–H groups in total. The summed E-state index contributed by atoms with van der Waals surface area (Å²) in [6.45, 7) is 11.0. The van der Waals surface area contributed by atoms with Gasteiger partial charge in [0, 0.05) is 6.08 Å². The molecule has 0 aromatic heterocycles. The highest BCUT2D eigenvalue weighted by atomic mass is 16.5. The second kappa shape index (κ2) is 37.2. The zero-order valence-corrected chi connectivity index (χ0v) is 34.9. The van der Waals surface area contributed by atoms with Crippen molar-refractivity contribution in [1.82, 2.24) is 0 Å². The first-order chi connectivity index (χ1) is 25.7. The van der Waals surface area contributed by atoms with Gasteiger partial charge >= 0.3 is 5.97 Å². The lowest BCUT2D eigenvalue weighted by Crippen LogP contribution is -2.07. The van der Waals surface area contributed by atoms with E-state index in [2.05, 4.69) is 20.8 Å². The maximum atomic E-state index is 12.2. The molecule has 5 nitrogen and oxygen atoms in total. The summed E-state index contributed by atoms with van der Waals surface area (Å²) in [7, 11) is 0. The first-order valence-electron chi connectivity index (χ1n) is 22.6. The Morgan fingerprint density at radius 1 is 0.442 bits per heavy atom. The van der Waals surface area contributed by atoms with Crippen LogP contribution in [0.4, 0.5) is 0 Å². The average Bonchev–Trinajstić information content (AvgIpc) is 3.15. The fourth-order valence-electron chi connectivity index (χ4n) is 6.71. The van der Waals surface area contributed by atoms with E-state index in [0.29, 0.717) is 43.7 Å². The molecule has 0 saturated carbocycles. The molecule has 0 saturated heterocycles. The van der Waals surface area contributed by atoms with E-state index in [-0.39, 0.29) is 5.97 Å². The van der Waals surface area contributed by atoms with Crippen molar-refractivity contribution in [2.75, 3.05) is 26.4 Å². The Morgan fingerprint density at radius 2 is 0.750 bits per heavy atom. The number of unbranched alkanes of at least 4 members (excludes halogenated alkanes) is 27. The Kier molecular flexibility index (Phi) is 34.2. The minimum atomic E-state index is -0.343. The Balaban J connectivity index is 2.81. The molecule has 5 heteroatoms. The summed E-state index contributed by atoms with van der Waals surface area (Å²) in [5.41, 5.74) is 0.857. The summed E-state index contributed by atoms with van der Waals surface area (Å²) in [6.07, 6.45) is 42.0. The molecule has 0 unspecified atom stereocenters. The molecular weight excluding hydrogens is 645 g/mol. The third-order valence-corrected chi connectivity index (χ3v) is 10.00. The quantitative estimate of drug-likeness (QED) is 0.0384. The van der Waals surface area contributed by atoms with Crippen LogP contribution in [0.25, 0.3) is 6.08 Å². The number of hydrogen-bond donors (Lipinski definition) is 0. The molecule has 0 aliphatic heterocycles.